The van der Waals surface area contributed by atoms with E-state index in [4.69, 9.17) is 4.74 Å². The molecule has 1 aliphatic heterocycles. The van der Waals surface area contributed by atoms with Gasteiger partial charge in [-0.15, -0.1) is 5.10 Å². The van der Waals surface area contributed by atoms with Gasteiger partial charge in [-0.3, -0.25) is 9.59 Å². The lowest BCUT2D eigenvalue weighted by Gasteiger charge is -2.32. The molecule has 1 aliphatic rings. The van der Waals surface area contributed by atoms with Crippen LogP contribution in [0.15, 0.2) is 97.1 Å². The molecule has 236 valence electrons. The largest absolute Gasteiger partial charge is 0.378 e. The lowest BCUT2D eigenvalue weighted by atomic mass is 9.97. The monoisotopic (exact) mass is 616 g/mol. The molecule has 1 unspecified atom stereocenters. The summed E-state index contributed by atoms with van der Waals surface area (Å²) >= 11 is 0. The van der Waals surface area contributed by atoms with Gasteiger partial charge < -0.3 is 19.9 Å². The lowest BCUT2D eigenvalue weighted by Crippen LogP contribution is -2.42. The van der Waals surface area contributed by atoms with Gasteiger partial charge in [0.25, 0.3) is 5.91 Å². The Morgan fingerprint density at radius 3 is 2.24 bits per heavy atom. The van der Waals surface area contributed by atoms with Crippen LogP contribution < -0.4 is 10.2 Å². The van der Waals surface area contributed by atoms with E-state index in [1.165, 1.54) is 0 Å². The zero-order valence-electron chi connectivity index (χ0n) is 26.6. The molecule has 0 radical (unpaired) electrons. The number of hydrogen-bond donors (Lipinski definition) is 1. The number of aromatic nitrogens is 3. The zero-order chi connectivity index (χ0) is 32.0. The Morgan fingerprint density at radius 1 is 0.870 bits per heavy atom. The van der Waals surface area contributed by atoms with Gasteiger partial charge in [0.05, 0.1) is 18.7 Å². The summed E-state index contributed by atoms with van der Waals surface area (Å²) < 4.78 is 7.09. The van der Waals surface area contributed by atoms with Crippen molar-refractivity contribution >= 4 is 34.2 Å². The van der Waals surface area contributed by atoms with Gasteiger partial charge in [-0.2, -0.15) is 0 Å². The van der Waals surface area contributed by atoms with Crippen molar-refractivity contribution in [1.82, 2.24) is 19.9 Å². The molecule has 2 heterocycles. The highest BCUT2D eigenvalue weighted by Gasteiger charge is 2.32. The number of nitrogens with zero attached hydrogens (tertiary/aromatic N) is 5. The van der Waals surface area contributed by atoms with Crippen molar-refractivity contribution in [3.05, 3.63) is 119 Å². The van der Waals surface area contributed by atoms with Gasteiger partial charge in [0.1, 0.15) is 18.1 Å². The maximum atomic E-state index is 14.4. The van der Waals surface area contributed by atoms with E-state index < -0.39 is 6.04 Å². The van der Waals surface area contributed by atoms with Gasteiger partial charge in [0.15, 0.2) is 0 Å². The van der Waals surface area contributed by atoms with E-state index in [1.807, 2.05) is 104 Å². The molecule has 5 aromatic rings. The number of rotatable bonds is 10. The number of aryl methyl sites for hydroxylation is 1. The number of amides is 2. The first-order valence-electron chi connectivity index (χ1n) is 15.8. The molecular formula is C37H40N6O3. The smallest absolute Gasteiger partial charge is 0.251 e. The minimum atomic E-state index is -0.899. The third-order valence-electron chi connectivity index (χ3n) is 8.49. The first-order chi connectivity index (χ1) is 22.4. The van der Waals surface area contributed by atoms with E-state index >= 15 is 0 Å². The zero-order valence-corrected chi connectivity index (χ0v) is 26.6. The number of benzene rings is 4. The highest BCUT2D eigenvalue weighted by Crippen LogP contribution is 2.29. The number of nitrogens with one attached hydrogen (secondary N) is 1. The average Bonchev–Trinajstić information content (AvgIpc) is 3.49. The number of carbonyl (C=O) groups is 2. The van der Waals surface area contributed by atoms with Gasteiger partial charge in [0, 0.05) is 31.0 Å². The molecular weight excluding hydrogens is 576 g/mol. The van der Waals surface area contributed by atoms with Crippen molar-refractivity contribution in [1.29, 1.82) is 0 Å². The molecule has 1 saturated heterocycles. The molecule has 6 rings (SSSR count). The van der Waals surface area contributed by atoms with Crippen LogP contribution in [-0.4, -0.2) is 58.0 Å². The Balaban J connectivity index is 1.35. The predicted molar refractivity (Wildman–Crippen MR) is 181 cm³/mol. The van der Waals surface area contributed by atoms with Gasteiger partial charge in [-0.25, -0.2) is 4.68 Å². The Morgan fingerprint density at radius 2 is 1.54 bits per heavy atom. The van der Waals surface area contributed by atoms with Gasteiger partial charge in [-0.1, -0.05) is 85.3 Å². The lowest BCUT2D eigenvalue weighted by molar-refractivity contribution is -0.140. The van der Waals surface area contributed by atoms with E-state index in [9.17, 15) is 9.59 Å². The van der Waals surface area contributed by atoms with Gasteiger partial charge in [0.2, 0.25) is 5.91 Å². The number of anilines is 2. The van der Waals surface area contributed by atoms with E-state index in [0.29, 0.717) is 30.3 Å². The summed E-state index contributed by atoms with van der Waals surface area (Å²) in [5.74, 6) is -0.204. The highest BCUT2D eigenvalue weighted by atomic mass is 16.5. The van der Waals surface area contributed by atoms with Crippen LogP contribution in [0, 0.1) is 6.92 Å². The minimum absolute atomic E-state index is 0.0610. The molecule has 1 fully saturated rings. The SMILES string of the molecule is Cc1ccc(CN(C(=O)Cn2nnc3ccccc32)C(C(=O)Nc2ccc(N3CCOCC3)cc2)c2ccc(C(C)C)cc2)cc1. The van der Waals surface area contributed by atoms with Crippen molar-refractivity contribution in [3.8, 4) is 0 Å². The summed E-state index contributed by atoms with van der Waals surface area (Å²) in [6, 6.07) is 30.5. The molecule has 2 amide bonds. The van der Waals surface area contributed by atoms with E-state index in [0.717, 1.165) is 46.5 Å². The molecule has 0 spiro atoms. The third kappa shape index (κ3) is 7.10. The van der Waals surface area contributed by atoms with Crippen LogP contribution in [0.25, 0.3) is 11.0 Å². The maximum absolute atomic E-state index is 14.4. The van der Waals surface area contributed by atoms with E-state index in [2.05, 4.69) is 34.4 Å². The molecule has 0 aliphatic carbocycles. The normalized spacial score (nSPS) is 14.0. The summed E-state index contributed by atoms with van der Waals surface area (Å²) in [4.78, 5) is 32.6. The summed E-state index contributed by atoms with van der Waals surface area (Å²) in [7, 11) is 0. The second kappa shape index (κ2) is 14.0. The summed E-state index contributed by atoms with van der Waals surface area (Å²) in [5, 5.41) is 11.6. The van der Waals surface area contributed by atoms with Crippen molar-refractivity contribution in [2.45, 2.75) is 45.8 Å². The number of para-hydroxylation sites is 1. The molecule has 0 saturated carbocycles. The van der Waals surface area contributed by atoms with Crippen LogP contribution in [0.4, 0.5) is 11.4 Å². The van der Waals surface area contributed by atoms with Crippen LogP contribution in [0.1, 0.15) is 48.1 Å². The fourth-order valence-electron chi connectivity index (χ4n) is 5.79. The Hall–Kier alpha value is -5.02. The van der Waals surface area contributed by atoms with Gasteiger partial charge >= 0.3 is 0 Å². The predicted octanol–water partition coefficient (Wildman–Crippen LogP) is 6.11. The Bertz CT molecular complexity index is 1780. The highest BCUT2D eigenvalue weighted by molar-refractivity contribution is 5.98. The molecule has 9 heteroatoms. The van der Waals surface area contributed by atoms with Crippen LogP contribution in [0.3, 0.4) is 0 Å². The Kier molecular flexibility index (Phi) is 9.40. The fourth-order valence-corrected chi connectivity index (χ4v) is 5.79. The topological polar surface area (TPSA) is 92.6 Å². The van der Waals surface area contributed by atoms with E-state index in [-0.39, 0.29) is 24.9 Å². The van der Waals surface area contributed by atoms with Crippen LogP contribution >= 0.6 is 0 Å². The quantitative estimate of drug-likeness (QED) is 0.204. The van der Waals surface area contributed by atoms with Crippen LogP contribution in [-0.2, 0) is 27.4 Å². The standard InChI is InChI=1S/C37H40N6O3/c1-26(2)29-12-14-30(15-13-29)36(37(45)38-31-16-18-32(19-17-31)41-20-22-46-23-21-41)42(24-28-10-8-27(3)9-11-28)35(44)25-43-34-7-5-4-6-33(34)39-40-43/h4-19,26,36H,20-25H2,1-3H3,(H,38,45). The number of ether oxygens (including phenoxy) is 1. The first-order valence-corrected chi connectivity index (χ1v) is 15.8. The average molecular weight is 617 g/mol. The number of hydrogen-bond acceptors (Lipinski definition) is 6. The molecule has 1 atom stereocenters. The molecule has 9 nitrogen and oxygen atoms in total. The van der Waals surface area contributed by atoms with Crippen LogP contribution in [0.2, 0.25) is 0 Å². The summed E-state index contributed by atoms with van der Waals surface area (Å²) in [6.07, 6.45) is 0. The van der Waals surface area contributed by atoms with Gasteiger partial charge in [-0.05, 0) is 65.9 Å². The van der Waals surface area contributed by atoms with Crippen molar-refractivity contribution in [2.75, 3.05) is 36.5 Å². The molecule has 1 aromatic heterocycles. The summed E-state index contributed by atoms with van der Waals surface area (Å²) in [5.41, 5.74) is 7.15. The minimum Gasteiger partial charge on any atom is -0.378 e. The molecule has 0 bridgehead atoms. The van der Waals surface area contributed by atoms with Crippen LogP contribution in [0.5, 0.6) is 0 Å². The number of carbonyl (C=O) groups excluding carboxylic acids is 2. The molecule has 4 aromatic carbocycles. The summed E-state index contributed by atoms with van der Waals surface area (Å²) in [6.45, 7) is 9.54. The second-order valence-electron chi connectivity index (χ2n) is 12.1. The number of fused-ring (bicyclic) bond motifs is 1. The van der Waals surface area contributed by atoms with Crippen molar-refractivity contribution in [2.24, 2.45) is 0 Å². The van der Waals surface area contributed by atoms with E-state index in [1.54, 1.807) is 9.58 Å². The number of morpholine rings is 1. The fraction of sp³-hybridized carbons (Fsp3) is 0.297. The molecule has 1 N–H and O–H groups in total. The Labute approximate surface area is 269 Å². The third-order valence-corrected chi connectivity index (χ3v) is 8.49. The maximum Gasteiger partial charge on any atom is 0.251 e. The molecule has 46 heavy (non-hydrogen) atoms. The second-order valence-corrected chi connectivity index (χ2v) is 12.1. The first kappa shape index (κ1) is 31.0. The van der Waals surface area contributed by atoms with Crippen molar-refractivity contribution < 1.29 is 14.3 Å². The van der Waals surface area contributed by atoms with Crippen molar-refractivity contribution in [3.63, 3.8) is 0 Å².